The maximum Gasteiger partial charge on any atom is 0.302 e. The number of amides is 1. The molecule has 0 aromatic rings. The van der Waals surface area contributed by atoms with E-state index in [9.17, 15) is 9.59 Å². The van der Waals surface area contributed by atoms with Crippen molar-refractivity contribution in [3.05, 3.63) is 10.4 Å². The van der Waals surface area contributed by atoms with Crippen LogP contribution in [-0.4, -0.2) is 24.0 Å². The molecular formula is C26H42N4O3. The van der Waals surface area contributed by atoms with Crippen LogP contribution in [0.15, 0.2) is 5.11 Å². The second-order valence-electron chi connectivity index (χ2n) is 12.2. The molecule has 4 aliphatic rings. The van der Waals surface area contributed by atoms with Gasteiger partial charge >= 0.3 is 5.97 Å². The summed E-state index contributed by atoms with van der Waals surface area (Å²) in [6.45, 7) is 8.78. The summed E-state index contributed by atoms with van der Waals surface area (Å²) in [7, 11) is 0. The van der Waals surface area contributed by atoms with Crippen LogP contribution >= 0.6 is 0 Å². The molecule has 4 fully saturated rings. The van der Waals surface area contributed by atoms with Crippen LogP contribution in [0.5, 0.6) is 0 Å². The summed E-state index contributed by atoms with van der Waals surface area (Å²) in [5.41, 5.74) is 14.9. The van der Waals surface area contributed by atoms with Gasteiger partial charge in [0.25, 0.3) is 0 Å². The number of hydrogen-bond donors (Lipinski definition) is 1. The summed E-state index contributed by atoms with van der Waals surface area (Å²) in [5, 5.41) is 4.06. The van der Waals surface area contributed by atoms with Crippen LogP contribution in [0.3, 0.4) is 0 Å². The van der Waals surface area contributed by atoms with Gasteiger partial charge in [-0.05, 0) is 104 Å². The number of nitrogens with zero attached hydrogens (tertiary/aromatic N) is 3. The SMILES string of the molecule is CC(=O)O[C@@H]1C[C@@H]2C[C@@H](N=[N+]=[N-])CC[C@]2(C)[C@H]2CC[C@]3(C)[C@@H]([C@H](C)CCC(N)=O)CC[C@H]3[C@H]12. The molecule has 0 saturated heterocycles. The summed E-state index contributed by atoms with van der Waals surface area (Å²) in [6.07, 6.45) is 9.91. The van der Waals surface area contributed by atoms with E-state index in [2.05, 4.69) is 30.8 Å². The highest BCUT2D eigenvalue weighted by Gasteiger charge is 2.63. The quantitative estimate of drug-likeness (QED) is 0.235. The van der Waals surface area contributed by atoms with E-state index in [0.717, 1.165) is 32.1 Å². The van der Waals surface area contributed by atoms with Crippen molar-refractivity contribution in [3.63, 3.8) is 0 Å². The standard InChI is InChI=1S/C26H42N4O3/c1-15(5-8-23(27)32)19-6-7-20-24-21(10-12-26(19,20)4)25(3)11-9-18(29-30-28)13-17(25)14-22(24)33-16(2)31/h15,17-22,24H,5-14H2,1-4H3,(H2,27,32)/t15-,17+,18+,19-,20+,21+,22-,24+,25+,26-/m1/s1. The number of carbonyl (C=O) groups excluding carboxylic acids is 2. The number of ether oxygens (including phenoxy) is 1. The maximum absolute atomic E-state index is 12.2. The second kappa shape index (κ2) is 9.13. The zero-order valence-corrected chi connectivity index (χ0v) is 20.8. The van der Waals surface area contributed by atoms with Crippen molar-refractivity contribution in [2.45, 2.75) is 104 Å². The van der Waals surface area contributed by atoms with Crippen LogP contribution in [0, 0.1) is 46.3 Å². The molecule has 0 aromatic heterocycles. The summed E-state index contributed by atoms with van der Waals surface area (Å²) in [4.78, 5) is 26.6. The summed E-state index contributed by atoms with van der Waals surface area (Å²) < 4.78 is 6.07. The second-order valence-corrected chi connectivity index (χ2v) is 12.2. The zero-order chi connectivity index (χ0) is 24.0. The molecule has 33 heavy (non-hydrogen) atoms. The Kier molecular flexibility index (Phi) is 6.74. The third-order valence-electron chi connectivity index (χ3n) is 10.8. The minimum atomic E-state index is -0.206. The molecule has 0 bridgehead atoms. The number of fused-ring (bicyclic) bond motifs is 5. The van der Waals surface area contributed by atoms with E-state index in [1.54, 1.807) is 0 Å². The van der Waals surface area contributed by atoms with Gasteiger partial charge in [0.1, 0.15) is 6.10 Å². The zero-order valence-electron chi connectivity index (χ0n) is 20.8. The van der Waals surface area contributed by atoms with Gasteiger partial charge in [-0.15, -0.1) is 0 Å². The van der Waals surface area contributed by atoms with Gasteiger partial charge < -0.3 is 10.5 Å². The van der Waals surface area contributed by atoms with Crippen molar-refractivity contribution in [1.29, 1.82) is 0 Å². The van der Waals surface area contributed by atoms with E-state index in [1.807, 2.05) is 0 Å². The lowest BCUT2D eigenvalue weighted by atomic mass is 9.43. The van der Waals surface area contributed by atoms with Crippen molar-refractivity contribution in [2.24, 2.45) is 57.2 Å². The van der Waals surface area contributed by atoms with E-state index < -0.39 is 0 Å². The third-order valence-corrected chi connectivity index (χ3v) is 10.8. The van der Waals surface area contributed by atoms with Crippen molar-refractivity contribution < 1.29 is 14.3 Å². The highest BCUT2D eigenvalue weighted by Crippen LogP contribution is 2.68. The highest BCUT2D eigenvalue weighted by molar-refractivity contribution is 5.73. The van der Waals surface area contributed by atoms with Crippen LogP contribution in [0.4, 0.5) is 0 Å². The molecule has 0 aromatic carbocycles. The molecule has 0 radical (unpaired) electrons. The first-order chi connectivity index (χ1) is 15.6. The predicted octanol–water partition coefficient (Wildman–Crippen LogP) is 5.77. The van der Waals surface area contributed by atoms with Crippen molar-refractivity contribution in [3.8, 4) is 0 Å². The van der Waals surface area contributed by atoms with Gasteiger partial charge in [0.2, 0.25) is 5.91 Å². The Labute approximate surface area is 198 Å². The molecule has 0 spiro atoms. The lowest BCUT2D eigenvalue weighted by Gasteiger charge is -2.62. The number of hydrogen-bond acceptors (Lipinski definition) is 4. The molecule has 10 atom stereocenters. The summed E-state index contributed by atoms with van der Waals surface area (Å²) >= 11 is 0. The Morgan fingerprint density at radius 1 is 1.12 bits per heavy atom. The third kappa shape index (κ3) is 4.26. The minimum Gasteiger partial charge on any atom is -0.462 e. The van der Waals surface area contributed by atoms with Crippen LogP contribution in [0.1, 0.15) is 91.9 Å². The first-order valence-corrected chi connectivity index (χ1v) is 13.1. The molecule has 7 heteroatoms. The fourth-order valence-electron chi connectivity index (χ4n) is 9.24. The normalized spacial score (nSPS) is 45.0. The van der Waals surface area contributed by atoms with Gasteiger partial charge in [0.15, 0.2) is 0 Å². The average Bonchev–Trinajstić information content (AvgIpc) is 3.10. The van der Waals surface area contributed by atoms with E-state index in [4.69, 9.17) is 16.0 Å². The molecule has 0 unspecified atom stereocenters. The maximum atomic E-state index is 12.2. The van der Waals surface area contributed by atoms with Crippen LogP contribution in [-0.2, 0) is 14.3 Å². The van der Waals surface area contributed by atoms with Crippen LogP contribution in [0.25, 0.3) is 10.4 Å². The molecule has 4 rings (SSSR count). The van der Waals surface area contributed by atoms with E-state index in [1.165, 1.54) is 32.6 Å². The molecular weight excluding hydrogens is 416 g/mol. The molecule has 4 aliphatic carbocycles. The monoisotopic (exact) mass is 458 g/mol. The topological polar surface area (TPSA) is 118 Å². The van der Waals surface area contributed by atoms with Gasteiger partial charge in [0, 0.05) is 30.2 Å². The largest absolute Gasteiger partial charge is 0.462 e. The number of nitrogens with two attached hydrogens (primary N) is 1. The molecule has 0 heterocycles. The van der Waals surface area contributed by atoms with Crippen LogP contribution in [0.2, 0.25) is 0 Å². The number of rotatable bonds is 6. The lowest BCUT2D eigenvalue weighted by Crippen LogP contribution is -2.59. The van der Waals surface area contributed by atoms with E-state index >= 15 is 0 Å². The van der Waals surface area contributed by atoms with Gasteiger partial charge in [-0.1, -0.05) is 25.9 Å². The number of primary amides is 1. The first kappa shape index (κ1) is 24.4. The Balaban J connectivity index is 1.61. The summed E-state index contributed by atoms with van der Waals surface area (Å²) in [6, 6.07) is 0.0680. The predicted molar refractivity (Wildman–Crippen MR) is 127 cm³/mol. The van der Waals surface area contributed by atoms with Gasteiger partial charge in [-0.3, -0.25) is 9.59 Å². The molecule has 7 nitrogen and oxygen atoms in total. The smallest absolute Gasteiger partial charge is 0.302 e. The van der Waals surface area contributed by atoms with E-state index in [-0.39, 0.29) is 34.9 Å². The molecule has 2 N–H and O–H groups in total. The average molecular weight is 459 g/mol. The first-order valence-electron chi connectivity index (χ1n) is 13.1. The lowest BCUT2D eigenvalue weighted by molar-refractivity contribution is -0.189. The number of azide groups is 1. The fraction of sp³-hybridized carbons (Fsp3) is 0.923. The van der Waals surface area contributed by atoms with Gasteiger partial charge in [-0.25, -0.2) is 0 Å². The van der Waals surface area contributed by atoms with Gasteiger partial charge in [-0.2, -0.15) is 0 Å². The Hall–Kier alpha value is -1.75. The highest BCUT2D eigenvalue weighted by atomic mass is 16.5. The fourth-order valence-corrected chi connectivity index (χ4v) is 9.24. The Morgan fingerprint density at radius 2 is 1.82 bits per heavy atom. The molecule has 1 amide bonds. The van der Waals surface area contributed by atoms with Crippen molar-refractivity contribution >= 4 is 11.9 Å². The minimum absolute atomic E-state index is 0.0420. The van der Waals surface area contributed by atoms with Crippen molar-refractivity contribution in [2.75, 3.05) is 0 Å². The van der Waals surface area contributed by atoms with E-state index in [0.29, 0.717) is 41.9 Å². The number of esters is 1. The molecule has 0 aliphatic heterocycles. The Morgan fingerprint density at radius 3 is 2.48 bits per heavy atom. The number of carbonyl (C=O) groups is 2. The Bertz CT molecular complexity index is 826. The summed E-state index contributed by atoms with van der Waals surface area (Å²) in [5.74, 6) is 2.61. The molecule has 184 valence electrons. The van der Waals surface area contributed by atoms with Crippen LogP contribution < -0.4 is 5.73 Å². The van der Waals surface area contributed by atoms with Gasteiger partial charge in [0.05, 0.1) is 0 Å². The van der Waals surface area contributed by atoms with Crippen molar-refractivity contribution in [1.82, 2.24) is 0 Å². The molecule has 4 saturated carbocycles.